The van der Waals surface area contributed by atoms with Gasteiger partial charge in [-0.15, -0.1) is 0 Å². The zero-order chi connectivity index (χ0) is 12.6. The van der Waals surface area contributed by atoms with E-state index in [1.807, 2.05) is 0 Å². The Kier molecular flexibility index (Phi) is 2.99. The number of amides is 1. The van der Waals surface area contributed by atoms with Gasteiger partial charge in [-0.2, -0.15) is 0 Å². The Morgan fingerprint density at radius 2 is 2.28 bits per heavy atom. The van der Waals surface area contributed by atoms with Gasteiger partial charge in [0.1, 0.15) is 0 Å². The van der Waals surface area contributed by atoms with E-state index in [9.17, 15) is 9.59 Å². The first-order chi connectivity index (χ1) is 8.70. The molecule has 1 aromatic heterocycles. The lowest BCUT2D eigenvalue weighted by Gasteiger charge is -2.23. The van der Waals surface area contributed by atoms with Crippen molar-refractivity contribution in [2.24, 2.45) is 11.3 Å². The van der Waals surface area contributed by atoms with Gasteiger partial charge in [0.15, 0.2) is 0 Å². The molecule has 0 bridgehead atoms. The molecule has 1 aromatic rings. The van der Waals surface area contributed by atoms with Gasteiger partial charge in [0, 0.05) is 17.0 Å². The molecule has 1 unspecified atom stereocenters. The minimum atomic E-state index is -0.0690. The van der Waals surface area contributed by atoms with Crippen LogP contribution in [0.3, 0.4) is 0 Å². The second-order valence-corrected chi connectivity index (χ2v) is 6.10. The van der Waals surface area contributed by atoms with Gasteiger partial charge in [-0.25, -0.2) is 0 Å². The van der Waals surface area contributed by atoms with E-state index in [0.29, 0.717) is 6.54 Å². The molecule has 1 saturated heterocycles. The fraction of sp³-hybridized carbons (Fsp3) is 0.667. The molecule has 3 N–H and O–H groups in total. The second kappa shape index (κ2) is 4.51. The molecule has 1 spiro atoms. The number of hydrogen-bond donors (Lipinski definition) is 3. The number of aromatic amines is 1. The Morgan fingerprint density at radius 3 is 2.94 bits per heavy atom. The quantitative estimate of drug-likeness (QED) is 0.744. The summed E-state index contributed by atoms with van der Waals surface area (Å²) in [5.74, 6) is 0.328. The number of H-pyrrole nitrogens is 1. The van der Waals surface area contributed by atoms with Crippen molar-refractivity contribution in [2.45, 2.75) is 25.8 Å². The maximum Gasteiger partial charge on any atom is 0.304 e. The van der Waals surface area contributed by atoms with E-state index >= 15 is 0 Å². The molecular formula is C12H17N3O2S. The van der Waals surface area contributed by atoms with Crippen LogP contribution >= 0.6 is 11.3 Å². The van der Waals surface area contributed by atoms with Gasteiger partial charge >= 0.3 is 4.87 Å². The van der Waals surface area contributed by atoms with Crippen LogP contribution in [0, 0.1) is 11.3 Å². The zero-order valence-electron chi connectivity index (χ0n) is 10.1. The fourth-order valence-corrected chi connectivity index (χ4v) is 3.48. The molecule has 2 aliphatic rings. The summed E-state index contributed by atoms with van der Waals surface area (Å²) in [6.45, 7) is 2.49. The number of rotatable bonds is 3. The summed E-state index contributed by atoms with van der Waals surface area (Å²) < 4.78 is 0. The number of hydrogen-bond acceptors (Lipinski definition) is 4. The highest BCUT2D eigenvalue weighted by molar-refractivity contribution is 7.07. The number of nitrogens with one attached hydrogen (secondary N) is 3. The van der Waals surface area contributed by atoms with Gasteiger partial charge in [0.25, 0.3) is 0 Å². The number of carbonyl (C=O) groups excluding carboxylic acids is 1. The molecule has 1 aliphatic carbocycles. The van der Waals surface area contributed by atoms with Crippen molar-refractivity contribution in [3.05, 3.63) is 20.7 Å². The Morgan fingerprint density at radius 1 is 1.50 bits per heavy atom. The number of aromatic nitrogens is 1. The van der Waals surface area contributed by atoms with E-state index in [1.54, 1.807) is 5.38 Å². The maximum absolute atomic E-state index is 12.0. The van der Waals surface area contributed by atoms with Gasteiger partial charge in [-0.3, -0.25) is 9.59 Å². The van der Waals surface area contributed by atoms with Gasteiger partial charge in [0.05, 0.1) is 6.54 Å². The lowest BCUT2D eigenvalue weighted by Crippen LogP contribution is -2.33. The summed E-state index contributed by atoms with van der Waals surface area (Å²) in [6.07, 6.45) is 3.25. The lowest BCUT2D eigenvalue weighted by molar-refractivity contribution is -0.123. The topological polar surface area (TPSA) is 74.0 Å². The van der Waals surface area contributed by atoms with Crippen LogP contribution in [0.1, 0.15) is 25.0 Å². The third-order valence-electron chi connectivity index (χ3n) is 4.13. The zero-order valence-corrected chi connectivity index (χ0v) is 10.9. The van der Waals surface area contributed by atoms with E-state index in [-0.39, 0.29) is 22.1 Å². The van der Waals surface area contributed by atoms with E-state index < -0.39 is 0 Å². The van der Waals surface area contributed by atoms with Crippen LogP contribution in [0.5, 0.6) is 0 Å². The summed E-state index contributed by atoms with van der Waals surface area (Å²) in [5, 5.41) is 8.01. The van der Waals surface area contributed by atoms with E-state index in [0.717, 1.165) is 49.4 Å². The van der Waals surface area contributed by atoms with Crippen LogP contribution in [0.4, 0.5) is 0 Å². The molecule has 6 heteroatoms. The van der Waals surface area contributed by atoms with E-state index in [4.69, 9.17) is 0 Å². The highest BCUT2D eigenvalue weighted by Gasteiger charge is 2.57. The molecule has 2 fully saturated rings. The Hall–Kier alpha value is -1.14. The smallest absolute Gasteiger partial charge is 0.304 e. The van der Waals surface area contributed by atoms with Gasteiger partial charge in [-0.05, 0) is 37.8 Å². The van der Waals surface area contributed by atoms with Gasteiger partial charge in [-0.1, -0.05) is 11.3 Å². The summed E-state index contributed by atoms with van der Waals surface area (Å²) in [6, 6.07) is 0. The molecule has 3 rings (SSSR count). The normalized spacial score (nSPS) is 25.0. The summed E-state index contributed by atoms with van der Waals surface area (Å²) in [7, 11) is 0. The van der Waals surface area contributed by atoms with Crippen molar-refractivity contribution >= 4 is 17.2 Å². The first-order valence-electron chi connectivity index (χ1n) is 6.35. The third-order valence-corrected chi connectivity index (χ3v) is 4.85. The van der Waals surface area contributed by atoms with Crippen molar-refractivity contribution in [3.63, 3.8) is 0 Å². The van der Waals surface area contributed by atoms with Crippen molar-refractivity contribution in [1.29, 1.82) is 0 Å². The second-order valence-electron chi connectivity index (χ2n) is 5.26. The predicted octanol–water partition coefficient (Wildman–Crippen LogP) is 0.442. The lowest BCUT2D eigenvalue weighted by atomic mass is 9.92. The number of thiazole rings is 1. The van der Waals surface area contributed by atoms with Crippen molar-refractivity contribution in [1.82, 2.24) is 15.6 Å². The SMILES string of the molecule is O=C(NCc1csc(=O)[nH]1)C1CC12CCNCC2. The Bertz CT molecular complexity index is 501. The average molecular weight is 267 g/mol. The molecule has 1 saturated carbocycles. The van der Waals surface area contributed by atoms with Crippen LogP contribution in [0.15, 0.2) is 10.2 Å². The van der Waals surface area contributed by atoms with Crippen LogP contribution < -0.4 is 15.5 Å². The highest BCUT2D eigenvalue weighted by Crippen LogP contribution is 2.58. The van der Waals surface area contributed by atoms with Crippen molar-refractivity contribution < 1.29 is 4.79 Å². The summed E-state index contributed by atoms with van der Waals surface area (Å²) in [4.78, 5) is 25.6. The van der Waals surface area contributed by atoms with Gasteiger partial charge < -0.3 is 15.6 Å². The first-order valence-corrected chi connectivity index (χ1v) is 7.23. The highest BCUT2D eigenvalue weighted by atomic mass is 32.1. The Labute approximate surface area is 109 Å². The molecule has 1 aliphatic heterocycles. The minimum Gasteiger partial charge on any atom is -0.350 e. The average Bonchev–Trinajstić information content (AvgIpc) is 2.89. The number of carbonyl (C=O) groups is 1. The van der Waals surface area contributed by atoms with Gasteiger partial charge in [0.2, 0.25) is 5.91 Å². The maximum atomic E-state index is 12.0. The van der Waals surface area contributed by atoms with E-state index in [2.05, 4.69) is 15.6 Å². The third kappa shape index (κ3) is 2.22. The van der Waals surface area contributed by atoms with Crippen LogP contribution in [0.25, 0.3) is 0 Å². The Balaban J connectivity index is 1.52. The first kappa shape index (κ1) is 11.9. The van der Waals surface area contributed by atoms with E-state index in [1.165, 1.54) is 0 Å². The monoisotopic (exact) mass is 267 g/mol. The molecule has 0 aromatic carbocycles. The van der Waals surface area contributed by atoms with Crippen LogP contribution in [0.2, 0.25) is 0 Å². The van der Waals surface area contributed by atoms with Crippen LogP contribution in [-0.2, 0) is 11.3 Å². The molecule has 18 heavy (non-hydrogen) atoms. The molecule has 2 heterocycles. The number of piperidine rings is 1. The van der Waals surface area contributed by atoms with Crippen molar-refractivity contribution in [3.8, 4) is 0 Å². The molecule has 1 amide bonds. The van der Waals surface area contributed by atoms with Crippen LogP contribution in [-0.4, -0.2) is 24.0 Å². The molecule has 1 atom stereocenters. The summed E-state index contributed by atoms with van der Waals surface area (Å²) in [5.41, 5.74) is 1.07. The minimum absolute atomic E-state index is 0.0690. The molecule has 5 nitrogen and oxygen atoms in total. The molecule has 98 valence electrons. The fourth-order valence-electron chi connectivity index (χ4n) is 2.90. The molecular weight excluding hydrogens is 250 g/mol. The van der Waals surface area contributed by atoms with Crippen molar-refractivity contribution in [2.75, 3.05) is 13.1 Å². The largest absolute Gasteiger partial charge is 0.350 e. The standard InChI is InChI=1S/C12H17N3O2S/c16-10(14-6-8-7-18-11(17)15-8)9-5-12(9)1-3-13-4-2-12/h7,9,13H,1-6H2,(H,14,16)(H,15,17). The summed E-state index contributed by atoms with van der Waals surface area (Å²) >= 11 is 1.13. The predicted molar refractivity (Wildman–Crippen MR) is 69.4 cm³/mol. The molecule has 0 radical (unpaired) electrons.